The Labute approximate surface area is 271 Å². The molecule has 0 saturated carbocycles. The fourth-order valence-corrected chi connectivity index (χ4v) is 8.32. The number of thiophene rings is 1. The van der Waals surface area contributed by atoms with Gasteiger partial charge in [0.25, 0.3) is 0 Å². The van der Waals surface area contributed by atoms with Gasteiger partial charge in [0.15, 0.2) is 0 Å². The van der Waals surface area contributed by atoms with Crippen molar-refractivity contribution in [2.24, 2.45) is 0 Å². The molecule has 0 radical (unpaired) electrons. The number of nitrogens with zero attached hydrogens (tertiary/aromatic N) is 1. The van der Waals surface area contributed by atoms with Crippen LogP contribution in [-0.4, -0.2) is 34.3 Å². The predicted octanol–water partition coefficient (Wildman–Crippen LogP) is 10.7. The number of aromatic amines is 1. The van der Waals surface area contributed by atoms with E-state index >= 15 is 0 Å². The number of H-pyrrole nitrogens is 1. The van der Waals surface area contributed by atoms with Crippen LogP contribution in [0, 0.1) is 0 Å². The topological polar surface area (TPSA) is 79.3 Å². The third-order valence-corrected chi connectivity index (χ3v) is 10.4. The molecule has 0 amide bonds. The Balaban J connectivity index is 1.45. The van der Waals surface area contributed by atoms with Crippen LogP contribution in [0.25, 0.3) is 54.8 Å². The van der Waals surface area contributed by atoms with Gasteiger partial charge in [-0.25, -0.2) is 4.79 Å². The molecule has 0 unspecified atom stereocenters. The minimum absolute atomic E-state index is 0.362. The second-order valence-corrected chi connectivity index (χ2v) is 13.3. The lowest BCUT2D eigenvalue weighted by Crippen LogP contribution is -2.07. The van der Waals surface area contributed by atoms with Crippen LogP contribution in [-0.2, 0) is 6.54 Å². The number of halogens is 1. The monoisotopic (exact) mass is 637 g/mol. The minimum Gasteiger partial charge on any atom is -0.497 e. The fourth-order valence-electron chi connectivity index (χ4n) is 7.07. The van der Waals surface area contributed by atoms with Gasteiger partial charge < -0.3 is 24.7 Å². The second-order valence-electron chi connectivity index (χ2n) is 11.8. The summed E-state index contributed by atoms with van der Waals surface area (Å²) >= 11 is 7.65. The number of rotatable bonds is 9. The molecule has 0 aliphatic carbocycles. The van der Waals surface area contributed by atoms with Gasteiger partial charge in [-0.1, -0.05) is 56.5 Å². The Morgan fingerprint density at radius 1 is 1.00 bits per heavy atom. The molecule has 0 atom stereocenters. The Morgan fingerprint density at radius 3 is 2.47 bits per heavy atom. The van der Waals surface area contributed by atoms with Crippen molar-refractivity contribution in [3.63, 3.8) is 0 Å². The summed E-state index contributed by atoms with van der Waals surface area (Å²) in [6, 6.07) is 22.6. The van der Waals surface area contributed by atoms with Crippen molar-refractivity contribution >= 4 is 55.7 Å². The van der Waals surface area contributed by atoms with Crippen molar-refractivity contribution in [3.05, 3.63) is 82.2 Å². The van der Waals surface area contributed by atoms with Crippen molar-refractivity contribution in [2.75, 3.05) is 19.0 Å². The summed E-state index contributed by atoms with van der Waals surface area (Å²) in [5.74, 6) is 0.295. The van der Waals surface area contributed by atoms with E-state index in [9.17, 15) is 9.90 Å². The Morgan fingerprint density at radius 2 is 1.76 bits per heavy atom. The summed E-state index contributed by atoms with van der Waals surface area (Å²) in [4.78, 5) is 16.2. The van der Waals surface area contributed by atoms with Gasteiger partial charge in [0.1, 0.15) is 10.6 Å². The third-order valence-electron chi connectivity index (χ3n) is 9.03. The molecular weight excluding hydrogens is 602 g/mol. The van der Waals surface area contributed by atoms with E-state index in [2.05, 4.69) is 59.0 Å². The van der Waals surface area contributed by atoms with Gasteiger partial charge in [0.2, 0.25) is 0 Å². The van der Waals surface area contributed by atoms with Crippen molar-refractivity contribution in [2.45, 2.75) is 52.0 Å². The zero-order chi connectivity index (χ0) is 31.2. The number of aromatic carboxylic acids is 1. The number of fused-ring (bicyclic) bond motifs is 7. The molecule has 0 spiro atoms. The van der Waals surface area contributed by atoms with Gasteiger partial charge >= 0.3 is 5.97 Å². The molecule has 0 bridgehead atoms. The van der Waals surface area contributed by atoms with Gasteiger partial charge in [-0.15, -0.1) is 11.3 Å². The van der Waals surface area contributed by atoms with Crippen molar-refractivity contribution < 1.29 is 14.6 Å². The Hall–Kier alpha value is -4.20. The average molecular weight is 638 g/mol. The van der Waals surface area contributed by atoms with Gasteiger partial charge in [-0.05, 0) is 84.0 Å². The first-order chi connectivity index (χ1) is 21.9. The van der Waals surface area contributed by atoms with Crippen molar-refractivity contribution in [1.29, 1.82) is 0 Å². The van der Waals surface area contributed by atoms with Crippen molar-refractivity contribution in [3.8, 4) is 39.4 Å². The van der Waals surface area contributed by atoms with Gasteiger partial charge in [0.05, 0.1) is 28.7 Å². The highest BCUT2D eigenvalue weighted by Gasteiger charge is 2.30. The smallest absolute Gasteiger partial charge is 0.345 e. The van der Waals surface area contributed by atoms with E-state index in [1.165, 1.54) is 28.2 Å². The number of carboxylic acids is 1. The molecule has 7 rings (SSSR count). The molecule has 3 N–H and O–H groups in total. The minimum atomic E-state index is -0.858. The molecular formula is C37H36ClN3O3S. The molecule has 1 aliphatic heterocycles. The molecule has 0 fully saturated rings. The van der Waals surface area contributed by atoms with Crippen LogP contribution in [0.15, 0.2) is 66.7 Å². The first-order valence-electron chi connectivity index (χ1n) is 15.6. The molecule has 4 heterocycles. The molecule has 230 valence electrons. The molecule has 3 aromatic heterocycles. The number of anilines is 1. The van der Waals surface area contributed by atoms with Gasteiger partial charge in [-0.2, -0.15) is 0 Å². The normalized spacial score (nSPS) is 12.7. The van der Waals surface area contributed by atoms with E-state index in [0.717, 1.165) is 93.7 Å². The number of hydrogen-bond donors (Lipinski definition) is 3. The third kappa shape index (κ3) is 5.08. The number of benzene rings is 3. The Bertz CT molecular complexity index is 2050. The van der Waals surface area contributed by atoms with Crippen LogP contribution in [0.5, 0.6) is 5.75 Å². The predicted molar refractivity (Wildman–Crippen MR) is 188 cm³/mol. The van der Waals surface area contributed by atoms with Crippen molar-refractivity contribution in [1.82, 2.24) is 9.55 Å². The van der Waals surface area contributed by atoms with Gasteiger partial charge in [-0.3, -0.25) is 0 Å². The quantitative estimate of drug-likeness (QED) is 0.147. The number of hydrogen-bond acceptors (Lipinski definition) is 4. The van der Waals surface area contributed by atoms with E-state index in [4.69, 9.17) is 16.3 Å². The fraction of sp³-hybridized carbons (Fsp3) is 0.270. The van der Waals surface area contributed by atoms with Crippen LogP contribution in [0.2, 0.25) is 5.02 Å². The van der Waals surface area contributed by atoms with E-state index < -0.39 is 5.97 Å². The summed E-state index contributed by atoms with van der Waals surface area (Å²) in [5.41, 5.74) is 11.1. The van der Waals surface area contributed by atoms with Crippen LogP contribution in [0.1, 0.15) is 60.7 Å². The number of nitrogens with one attached hydrogen (secondary N) is 2. The van der Waals surface area contributed by atoms with Crippen LogP contribution in [0.3, 0.4) is 0 Å². The summed E-state index contributed by atoms with van der Waals surface area (Å²) in [5, 5.41) is 15.5. The largest absolute Gasteiger partial charge is 0.497 e. The highest BCUT2D eigenvalue weighted by Crippen LogP contribution is 2.49. The number of methoxy groups -OCH3 is 1. The number of carboxylic acid groups (broad SMARTS) is 1. The van der Waals surface area contributed by atoms with E-state index in [1.807, 2.05) is 36.4 Å². The standard InChI is InChI=1S/C37H36ClN3O3S/c1-4-6-22(7-5-2)33-35-26-14-15-29-28(34(26)39-16-17-41(35)31-20-32(37(42)43)45-36(31)33)19-30(40-29)27-18-24(44-3)12-13-25(27)21-8-10-23(38)11-9-21/h8-15,18-20,22,39-40H,4-7,16-17H2,1-3H3,(H,42,43). The van der Waals surface area contributed by atoms with Gasteiger partial charge in [0, 0.05) is 45.8 Å². The van der Waals surface area contributed by atoms with Crippen LogP contribution in [0.4, 0.5) is 5.69 Å². The summed E-state index contributed by atoms with van der Waals surface area (Å²) < 4.78 is 9.13. The number of carbonyl (C=O) groups is 1. The molecule has 6 nitrogen and oxygen atoms in total. The maximum Gasteiger partial charge on any atom is 0.345 e. The molecule has 0 saturated heterocycles. The lowest BCUT2D eigenvalue weighted by molar-refractivity contribution is 0.0702. The molecule has 6 aromatic rings. The summed E-state index contributed by atoms with van der Waals surface area (Å²) in [7, 11) is 1.69. The van der Waals surface area contributed by atoms with Crippen LogP contribution >= 0.6 is 22.9 Å². The zero-order valence-electron chi connectivity index (χ0n) is 25.7. The average Bonchev–Trinajstić information content (AvgIpc) is 3.71. The maximum atomic E-state index is 12.0. The van der Waals surface area contributed by atoms with E-state index in [-0.39, 0.29) is 0 Å². The first-order valence-corrected chi connectivity index (χ1v) is 16.8. The highest BCUT2D eigenvalue weighted by molar-refractivity contribution is 7.21. The van der Waals surface area contributed by atoms with E-state index in [0.29, 0.717) is 15.8 Å². The molecule has 3 aromatic carbocycles. The maximum absolute atomic E-state index is 12.0. The molecule has 45 heavy (non-hydrogen) atoms. The summed E-state index contributed by atoms with van der Waals surface area (Å²) in [6.07, 6.45) is 4.30. The summed E-state index contributed by atoms with van der Waals surface area (Å²) in [6.45, 7) is 5.98. The SMILES string of the molecule is CCCC(CCC)c1c2n(c3cc(C(=O)O)sc13)CCNc1c-2ccc2[nH]c(-c3cc(OC)ccc3-c3ccc(Cl)cc3)cc12. The lowest BCUT2D eigenvalue weighted by atomic mass is 9.88. The Kier molecular flexibility index (Phi) is 7.84. The second kappa shape index (κ2) is 12.0. The van der Waals surface area contributed by atoms with E-state index in [1.54, 1.807) is 7.11 Å². The number of aromatic nitrogens is 2. The zero-order valence-corrected chi connectivity index (χ0v) is 27.2. The van der Waals surface area contributed by atoms with Crippen LogP contribution < -0.4 is 10.1 Å². The molecule has 1 aliphatic rings. The first kappa shape index (κ1) is 29.5. The lowest BCUT2D eigenvalue weighted by Gasteiger charge is -2.19. The molecule has 8 heteroatoms. The number of ether oxygens (including phenoxy) is 1. The highest BCUT2D eigenvalue weighted by atomic mass is 35.5.